The molecule has 3 aromatic rings. The maximum absolute atomic E-state index is 12.1. The Kier molecular flexibility index (Phi) is 7.19. The first-order valence-electron chi connectivity index (χ1n) is 10.2. The third-order valence-electron chi connectivity index (χ3n) is 5.13. The van der Waals surface area contributed by atoms with Gasteiger partial charge < -0.3 is 15.2 Å². The summed E-state index contributed by atoms with van der Waals surface area (Å²) < 4.78 is 2.10. The molecule has 1 aromatic heterocycles. The maximum atomic E-state index is 12.1. The molecule has 0 aliphatic heterocycles. The van der Waals surface area contributed by atoms with Crippen molar-refractivity contribution in [2.75, 3.05) is 13.1 Å². The maximum Gasteiger partial charge on any atom is 0.251 e. The van der Waals surface area contributed by atoms with E-state index in [9.17, 15) is 4.79 Å². The molecule has 0 atom stereocenters. The fourth-order valence-corrected chi connectivity index (χ4v) is 3.28. The van der Waals surface area contributed by atoms with Crippen LogP contribution in [0.2, 0.25) is 0 Å². The Morgan fingerprint density at radius 2 is 1.79 bits per heavy atom. The Morgan fingerprint density at radius 3 is 2.48 bits per heavy atom. The van der Waals surface area contributed by atoms with Gasteiger partial charge in [-0.15, -0.1) is 0 Å². The van der Waals surface area contributed by atoms with E-state index in [-0.39, 0.29) is 11.4 Å². The standard InChI is InChI=1S/C24H30N4O/c1-24(2,27-14-6-17-28-18-16-25-19-28)22-11-9-20(10-12-22)13-15-26-23(29)21-7-4-3-5-8-21/h3-5,7-12,16,18-19,27H,6,13-15,17H2,1-2H3,(H,26,29). The second-order valence-corrected chi connectivity index (χ2v) is 7.77. The van der Waals surface area contributed by atoms with Crippen molar-refractivity contribution >= 4 is 5.91 Å². The van der Waals surface area contributed by atoms with Gasteiger partial charge in [-0.3, -0.25) is 4.79 Å². The van der Waals surface area contributed by atoms with Crippen molar-refractivity contribution in [1.82, 2.24) is 20.2 Å². The van der Waals surface area contributed by atoms with E-state index >= 15 is 0 Å². The molecule has 1 heterocycles. The topological polar surface area (TPSA) is 59.0 Å². The summed E-state index contributed by atoms with van der Waals surface area (Å²) in [6, 6.07) is 18.0. The van der Waals surface area contributed by atoms with Crippen LogP contribution in [0.1, 0.15) is 41.8 Å². The Hall–Kier alpha value is -2.92. The van der Waals surface area contributed by atoms with E-state index < -0.39 is 0 Å². The molecule has 3 rings (SSSR count). The molecule has 0 fully saturated rings. The number of aryl methyl sites for hydroxylation is 1. The Labute approximate surface area is 173 Å². The summed E-state index contributed by atoms with van der Waals surface area (Å²) in [4.78, 5) is 16.2. The third-order valence-corrected chi connectivity index (χ3v) is 5.13. The number of nitrogens with one attached hydrogen (secondary N) is 2. The monoisotopic (exact) mass is 390 g/mol. The van der Waals surface area contributed by atoms with Crippen LogP contribution in [-0.4, -0.2) is 28.5 Å². The van der Waals surface area contributed by atoms with E-state index in [0.717, 1.165) is 25.9 Å². The minimum Gasteiger partial charge on any atom is -0.352 e. The highest BCUT2D eigenvalue weighted by atomic mass is 16.1. The molecule has 0 saturated carbocycles. The Bertz CT molecular complexity index is 871. The van der Waals surface area contributed by atoms with Crippen LogP contribution in [0.5, 0.6) is 0 Å². The summed E-state index contributed by atoms with van der Waals surface area (Å²) in [5.74, 6) is -0.0248. The molecule has 5 nitrogen and oxygen atoms in total. The smallest absolute Gasteiger partial charge is 0.251 e. The molecule has 0 saturated heterocycles. The van der Waals surface area contributed by atoms with Crippen LogP contribution in [0.3, 0.4) is 0 Å². The van der Waals surface area contributed by atoms with E-state index in [4.69, 9.17) is 0 Å². The van der Waals surface area contributed by atoms with Crippen LogP contribution < -0.4 is 10.6 Å². The number of benzene rings is 2. The van der Waals surface area contributed by atoms with Gasteiger partial charge in [-0.05, 0) is 56.5 Å². The molecule has 2 aromatic carbocycles. The van der Waals surface area contributed by atoms with E-state index in [1.54, 1.807) is 0 Å². The van der Waals surface area contributed by atoms with Gasteiger partial charge in [-0.2, -0.15) is 0 Å². The summed E-state index contributed by atoms with van der Waals surface area (Å²) in [5, 5.41) is 6.62. The van der Waals surface area contributed by atoms with Gasteiger partial charge in [0.1, 0.15) is 0 Å². The van der Waals surface area contributed by atoms with Crippen molar-refractivity contribution in [2.45, 2.75) is 38.8 Å². The van der Waals surface area contributed by atoms with E-state index in [1.807, 2.05) is 49.1 Å². The van der Waals surface area contributed by atoms with Gasteiger partial charge in [0, 0.05) is 36.6 Å². The molecule has 0 aliphatic rings. The minimum atomic E-state index is -0.0883. The molecule has 0 unspecified atom stereocenters. The number of hydrogen-bond acceptors (Lipinski definition) is 3. The second kappa shape index (κ2) is 10.0. The number of nitrogens with zero attached hydrogens (tertiary/aromatic N) is 2. The van der Waals surface area contributed by atoms with Gasteiger partial charge >= 0.3 is 0 Å². The van der Waals surface area contributed by atoms with Gasteiger partial charge in [0.2, 0.25) is 0 Å². The lowest BCUT2D eigenvalue weighted by molar-refractivity contribution is 0.0954. The minimum absolute atomic E-state index is 0.0248. The zero-order chi connectivity index (χ0) is 20.5. The highest BCUT2D eigenvalue weighted by Gasteiger charge is 2.19. The van der Waals surface area contributed by atoms with Gasteiger partial charge in [-0.1, -0.05) is 42.5 Å². The Balaban J connectivity index is 1.42. The van der Waals surface area contributed by atoms with Crippen LogP contribution >= 0.6 is 0 Å². The number of aromatic nitrogens is 2. The molecule has 2 N–H and O–H groups in total. The summed E-state index contributed by atoms with van der Waals surface area (Å²) in [5.41, 5.74) is 3.09. The first-order valence-corrected chi connectivity index (χ1v) is 10.2. The summed E-state index contributed by atoms with van der Waals surface area (Å²) >= 11 is 0. The van der Waals surface area contributed by atoms with Crippen molar-refractivity contribution in [3.8, 4) is 0 Å². The Morgan fingerprint density at radius 1 is 1.03 bits per heavy atom. The SMILES string of the molecule is CC(C)(NCCCn1ccnc1)c1ccc(CCNC(=O)c2ccccc2)cc1. The largest absolute Gasteiger partial charge is 0.352 e. The zero-order valence-corrected chi connectivity index (χ0v) is 17.3. The molecule has 29 heavy (non-hydrogen) atoms. The molecule has 0 radical (unpaired) electrons. The normalized spacial score (nSPS) is 11.4. The van der Waals surface area contributed by atoms with E-state index in [2.05, 4.69) is 58.3 Å². The number of carbonyl (C=O) groups excluding carboxylic acids is 1. The predicted octanol–water partition coefficient (Wildman–Crippen LogP) is 3.77. The first kappa shape index (κ1) is 20.8. The molecular formula is C24H30N4O. The highest BCUT2D eigenvalue weighted by molar-refractivity contribution is 5.94. The highest BCUT2D eigenvalue weighted by Crippen LogP contribution is 2.20. The molecule has 0 aliphatic carbocycles. The van der Waals surface area contributed by atoms with Crippen molar-refractivity contribution in [1.29, 1.82) is 0 Å². The summed E-state index contributed by atoms with van der Waals surface area (Å²) in [6.45, 7) is 6.96. The molecule has 5 heteroatoms. The fraction of sp³-hybridized carbons (Fsp3) is 0.333. The second-order valence-electron chi connectivity index (χ2n) is 7.77. The van der Waals surface area contributed by atoms with Gasteiger partial charge in [0.15, 0.2) is 0 Å². The number of hydrogen-bond donors (Lipinski definition) is 2. The number of carbonyl (C=O) groups is 1. The molecule has 1 amide bonds. The fourth-order valence-electron chi connectivity index (χ4n) is 3.28. The van der Waals surface area contributed by atoms with Gasteiger partial charge in [-0.25, -0.2) is 4.98 Å². The average Bonchev–Trinajstić information content (AvgIpc) is 3.26. The first-order chi connectivity index (χ1) is 14.0. The summed E-state index contributed by atoms with van der Waals surface area (Å²) in [6.07, 6.45) is 7.53. The van der Waals surface area contributed by atoms with E-state index in [0.29, 0.717) is 12.1 Å². The molecule has 152 valence electrons. The predicted molar refractivity (Wildman–Crippen MR) is 117 cm³/mol. The van der Waals surface area contributed by atoms with Crippen molar-refractivity contribution in [3.63, 3.8) is 0 Å². The lowest BCUT2D eigenvalue weighted by Crippen LogP contribution is -2.37. The molecule has 0 bridgehead atoms. The number of amides is 1. The van der Waals surface area contributed by atoms with Crippen LogP contribution in [0.25, 0.3) is 0 Å². The van der Waals surface area contributed by atoms with Crippen molar-refractivity contribution < 1.29 is 4.79 Å². The zero-order valence-electron chi connectivity index (χ0n) is 17.3. The third kappa shape index (κ3) is 6.29. The number of rotatable bonds is 10. The van der Waals surface area contributed by atoms with Crippen LogP contribution in [-0.2, 0) is 18.5 Å². The molecular weight excluding hydrogens is 360 g/mol. The van der Waals surface area contributed by atoms with Crippen LogP contribution in [0.15, 0.2) is 73.3 Å². The van der Waals surface area contributed by atoms with Gasteiger partial charge in [0.05, 0.1) is 6.33 Å². The lowest BCUT2D eigenvalue weighted by atomic mass is 9.93. The van der Waals surface area contributed by atoms with Gasteiger partial charge in [0.25, 0.3) is 5.91 Å². The summed E-state index contributed by atoms with van der Waals surface area (Å²) in [7, 11) is 0. The van der Waals surface area contributed by atoms with Crippen molar-refractivity contribution in [3.05, 3.63) is 90.0 Å². The van der Waals surface area contributed by atoms with E-state index in [1.165, 1.54) is 11.1 Å². The van der Waals surface area contributed by atoms with Crippen molar-refractivity contribution in [2.24, 2.45) is 0 Å². The molecule has 0 spiro atoms. The number of imidazole rings is 1. The lowest BCUT2D eigenvalue weighted by Gasteiger charge is -2.27. The van der Waals surface area contributed by atoms with Crippen LogP contribution in [0.4, 0.5) is 0 Å². The quantitative estimate of drug-likeness (QED) is 0.518. The average molecular weight is 391 g/mol. The van der Waals surface area contributed by atoms with Crippen LogP contribution in [0, 0.1) is 0 Å².